The molecule has 0 aliphatic heterocycles. The van der Waals surface area contributed by atoms with Gasteiger partial charge in [0.25, 0.3) is 5.91 Å². The molecule has 4 nitrogen and oxygen atoms in total. The average molecular weight is 334 g/mol. The molecule has 6 heteroatoms. The Morgan fingerprint density at radius 1 is 1.67 bits per heavy atom. The molecule has 15 heavy (non-hydrogen) atoms. The minimum atomic E-state index is -0.198. The summed E-state index contributed by atoms with van der Waals surface area (Å²) in [6.07, 6.45) is 1.49. The van der Waals surface area contributed by atoms with Crippen LogP contribution in [0.4, 0.5) is 6.01 Å². The number of nitrogens with zero attached hydrogens (tertiary/aromatic N) is 1. The van der Waals surface area contributed by atoms with Gasteiger partial charge >= 0.3 is 6.01 Å². The maximum Gasteiger partial charge on any atom is 0.301 e. The van der Waals surface area contributed by atoms with Crippen molar-refractivity contribution in [3.63, 3.8) is 0 Å². The highest BCUT2D eigenvalue weighted by atomic mass is 127. The number of amides is 1. The van der Waals surface area contributed by atoms with E-state index in [1.807, 2.05) is 6.07 Å². The summed E-state index contributed by atoms with van der Waals surface area (Å²) >= 11 is 3.69. The Kier molecular flexibility index (Phi) is 3.06. The van der Waals surface area contributed by atoms with Gasteiger partial charge in [-0.1, -0.05) is 0 Å². The number of oxazole rings is 1. The van der Waals surface area contributed by atoms with Crippen molar-refractivity contribution in [2.24, 2.45) is 0 Å². The Morgan fingerprint density at radius 3 is 3.00 bits per heavy atom. The molecule has 0 atom stereocenters. The number of hydrogen-bond acceptors (Lipinski definition) is 4. The molecule has 0 spiro atoms. The third-order valence-electron chi connectivity index (χ3n) is 1.67. The van der Waals surface area contributed by atoms with E-state index < -0.39 is 0 Å². The third kappa shape index (κ3) is 2.57. The second-order valence-electron chi connectivity index (χ2n) is 2.89. The first-order valence-corrected chi connectivity index (χ1v) is 6.08. The van der Waals surface area contributed by atoms with Crippen LogP contribution in [-0.4, -0.2) is 10.9 Å². The summed E-state index contributed by atoms with van der Waals surface area (Å²) in [4.78, 5) is 15.6. The van der Waals surface area contributed by atoms with Gasteiger partial charge < -0.3 is 4.42 Å². The molecule has 0 saturated heterocycles. The average Bonchev–Trinajstić information content (AvgIpc) is 2.75. The van der Waals surface area contributed by atoms with Crippen LogP contribution in [0.5, 0.6) is 0 Å². The summed E-state index contributed by atoms with van der Waals surface area (Å²) < 4.78 is 6.09. The number of aryl methyl sites for hydroxylation is 1. The van der Waals surface area contributed by atoms with Crippen molar-refractivity contribution < 1.29 is 9.21 Å². The van der Waals surface area contributed by atoms with Crippen molar-refractivity contribution in [3.8, 4) is 0 Å². The highest BCUT2D eigenvalue weighted by Gasteiger charge is 2.10. The van der Waals surface area contributed by atoms with Gasteiger partial charge in [0, 0.05) is 5.38 Å². The van der Waals surface area contributed by atoms with E-state index in [0.29, 0.717) is 5.56 Å². The molecule has 2 heterocycles. The van der Waals surface area contributed by atoms with Crippen LogP contribution in [0, 0.1) is 9.81 Å². The van der Waals surface area contributed by atoms with E-state index in [-0.39, 0.29) is 11.9 Å². The van der Waals surface area contributed by atoms with Crippen molar-refractivity contribution >= 4 is 45.8 Å². The van der Waals surface area contributed by atoms with E-state index in [2.05, 4.69) is 32.9 Å². The standard InChI is InChI=1S/C9H7IN2O2S/c1-5-3-14-9(11-5)12-8(13)6-2-7(10)15-4-6/h2-4H,1H3,(H,11,12,13). The zero-order valence-electron chi connectivity index (χ0n) is 7.78. The largest absolute Gasteiger partial charge is 0.432 e. The Hall–Kier alpha value is -0.890. The van der Waals surface area contributed by atoms with Gasteiger partial charge in [-0.05, 0) is 35.6 Å². The molecule has 0 aromatic carbocycles. The molecule has 1 amide bonds. The Balaban J connectivity index is 2.10. The number of carbonyl (C=O) groups excluding carboxylic acids is 1. The first-order valence-electron chi connectivity index (χ1n) is 4.12. The van der Waals surface area contributed by atoms with E-state index in [1.54, 1.807) is 12.3 Å². The molecular weight excluding hydrogens is 327 g/mol. The van der Waals surface area contributed by atoms with Gasteiger partial charge in [0.15, 0.2) is 0 Å². The Morgan fingerprint density at radius 2 is 2.47 bits per heavy atom. The third-order valence-corrected chi connectivity index (χ3v) is 3.46. The predicted molar refractivity (Wildman–Crippen MR) is 66.2 cm³/mol. The van der Waals surface area contributed by atoms with Crippen molar-refractivity contribution in [1.82, 2.24) is 4.98 Å². The lowest BCUT2D eigenvalue weighted by molar-refractivity contribution is 0.102. The van der Waals surface area contributed by atoms with Crippen molar-refractivity contribution in [3.05, 3.63) is 31.9 Å². The molecule has 0 saturated carbocycles. The van der Waals surface area contributed by atoms with Crippen LogP contribution in [0.15, 0.2) is 22.1 Å². The van der Waals surface area contributed by atoms with E-state index in [4.69, 9.17) is 4.42 Å². The molecular formula is C9H7IN2O2S. The second-order valence-corrected chi connectivity index (χ2v) is 5.69. The quantitative estimate of drug-likeness (QED) is 0.860. The molecule has 2 rings (SSSR count). The van der Waals surface area contributed by atoms with E-state index >= 15 is 0 Å². The highest BCUT2D eigenvalue weighted by molar-refractivity contribution is 14.1. The lowest BCUT2D eigenvalue weighted by Gasteiger charge is -1.96. The fourth-order valence-electron chi connectivity index (χ4n) is 1.01. The van der Waals surface area contributed by atoms with Crippen LogP contribution in [0.1, 0.15) is 16.1 Å². The van der Waals surface area contributed by atoms with Crippen molar-refractivity contribution in [2.75, 3.05) is 5.32 Å². The SMILES string of the molecule is Cc1coc(NC(=O)c2csc(I)c2)n1. The molecule has 1 N–H and O–H groups in total. The Bertz CT molecular complexity index is 492. The number of halogens is 1. The number of nitrogens with one attached hydrogen (secondary N) is 1. The monoisotopic (exact) mass is 334 g/mol. The summed E-state index contributed by atoms with van der Waals surface area (Å²) in [5, 5.41) is 4.38. The maximum atomic E-state index is 11.6. The molecule has 0 bridgehead atoms. The van der Waals surface area contributed by atoms with Gasteiger partial charge in [-0.3, -0.25) is 10.1 Å². The van der Waals surface area contributed by atoms with Gasteiger partial charge in [0.05, 0.1) is 14.1 Å². The summed E-state index contributed by atoms with van der Waals surface area (Å²) in [6, 6.07) is 2.05. The fraction of sp³-hybridized carbons (Fsp3) is 0.111. The predicted octanol–water partition coefficient (Wildman–Crippen LogP) is 2.90. The smallest absolute Gasteiger partial charge is 0.301 e. The maximum absolute atomic E-state index is 11.6. The lowest BCUT2D eigenvalue weighted by atomic mass is 10.3. The Labute approximate surface area is 104 Å². The van der Waals surface area contributed by atoms with Gasteiger partial charge in [0.2, 0.25) is 0 Å². The van der Waals surface area contributed by atoms with Gasteiger partial charge in [0.1, 0.15) is 6.26 Å². The molecule has 0 radical (unpaired) electrons. The summed E-state index contributed by atoms with van der Waals surface area (Å²) in [7, 11) is 0. The minimum Gasteiger partial charge on any atom is -0.432 e. The summed E-state index contributed by atoms with van der Waals surface area (Å²) in [5.74, 6) is -0.198. The zero-order valence-corrected chi connectivity index (χ0v) is 10.8. The fourth-order valence-corrected chi connectivity index (χ4v) is 2.34. The van der Waals surface area contributed by atoms with Gasteiger partial charge in [-0.2, -0.15) is 4.98 Å². The number of carbonyl (C=O) groups is 1. The van der Waals surface area contributed by atoms with Crippen LogP contribution in [0.3, 0.4) is 0 Å². The van der Waals surface area contributed by atoms with Crippen LogP contribution in [-0.2, 0) is 0 Å². The highest BCUT2D eigenvalue weighted by Crippen LogP contribution is 2.17. The summed E-state index contributed by atoms with van der Waals surface area (Å²) in [6.45, 7) is 1.80. The van der Waals surface area contributed by atoms with E-state index in [0.717, 1.165) is 8.58 Å². The van der Waals surface area contributed by atoms with Gasteiger partial charge in [-0.25, -0.2) is 0 Å². The van der Waals surface area contributed by atoms with Crippen LogP contribution >= 0.6 is 33.9 Å². The van der Waals surface area contributed by atoms with Crippen LogP contribution in [0.2, 0.25) is 0 Å². The number of anilines is 1. The lowest BCUT2D eigenvalue weighted by Crippen LogP contribution is -2.10. The molecule has 2 aromatic rings. The summed E-state index contributed by atoms with van der Waals surface area (Å²) in [5.41, 5.74) is 1.37. The normalized spacial score (nSPS) is 10.3. The first-order chi connectivity index (χ1) is 7.15. The second kappa shape index (κ2) is 4.31. The van der Waals surface area contributed by atoms with Crippen LogP contribution < -0.4 is 5.32 Å². The molecule has 2 aromatic heterocycles. The van der Waals surface area contributed by atoms with E-state index in [1.165, 1.54) is 17.6 Å². The molecule has 0 aliphatic carbocycles. The zero-order chi connectivity index (χ0) is 10.8. The number of aromatic nitrogens is 1. The van der Waals surface area contributed by atoms with E-state index in [9.17, 15) is 4.79 Å². The number of thiophene rings is 1. The topological polar surface area (TPSA) is 55.1 Å². The molecule has 0 unspecified atom stereocenters. The minimum absolute atomic E-state index is 0.198. The molecule has 78 valence electrons. The number of hydrogen-bond donors (Lipinski definition) is 1. The van der Waals surface area contributed by atoms with Crippen LogP contribution in [0.25, 0.3) is 0 Å². The molecule has 0 aliphatic rings. The number of rotatable bonds is 2. The van der Waals surface area contributed by atoms with Crippen molar-refractivity contribution in [2.45, 2.75) is 6.92 Å². The molecule has 0 fully saturated rings. The first kappa shape index (κ1) is 10.6. The van der Waals surface area contributed by atoms with Crippen molar-refractivity contribution in [1.29, 1.82) is 0 Å². The van der Waals surface area contributed by atoms with Gasteiger partial charge in [-0.15, -0.1) is 11.3 Å².